The summed E-state index contributed by atoms with van der Waals surface area (Å²) in [7, 11) is 0. The highest BCUT2D eigenvalue weighted by Gasteiger charge is 2.31. The van der Waals surface area contributed by atoms with E-state index in [1.165, 1.54) is 12.8 Å². The van der Waals surface area contributed by atoms with E-state index in [1.807, 2.05) is 9.80 Å². The Morgan fingerprint density at radius 1 is 1.00 bits per heavy atom. The standard InChI is InChI=1S/C18H32N4O2/c23-17(20-9-7-15-5-3-8-19-13-15)16-6-4-12-22(14-16)18(24)21-10-1-2-11-21/h15-16,19H,1-14H2,(H,20,23). The summed E-state index contributed by atoms with van der Waals surface area (Å²) in [5.74, 6) is 0.797. The van der Waals surface area contributed by atoms with Crippen molar-refractivity contribution in [1.82, 2.24) is 20.4 Å². The molecule has 0 aromatic carbocycles. The van der Waals surface area contributed by atoms with Crippen molar-refractivity contribution in [2.24, 2.45) is 11.8 Å². The van der Waals surface area contributed by atoms with E-state index >= 15 is 0 Å². The van der Waals surface area contributed by atoms with Gasteiger partial charge in [-0.2, -0.15) is 0 Å². The maximum atomic E-state index is 12.5. The first-order valence-electron chi connectivity index (χ1n) is 9.76. The van der Waals surface area contributed by atoms with Crippen molar-refractivity contribution >= 4 is 11.9 Å². The number of piperidine rings is 2. The summed E-state index contributed by atoms with van der Waals surface area (Å²) < 4.78 is 0. The van der Waals surface area contributed by atoms with Crippen molar-refractivity contribution in [2.45, 2.75) is 44.9 Å². The average molecular weight is 336 g/mol. The number of carbonyl (C=O) groups is 2. The zero-order valence-corrected chi connectivity index (χ0v) is 14.8. The molecule has 0 saturated carbocycles. The van der Waals surface area contributed by atoms with Gasteiger partial charge < -0.3 is 20.4 Å². The highest BCUT2D eigenvalue weighted by atomic mass is 16.2. The van der Waals surface area contributed by atoms with Crippen LogP contribution >= 0.6 is 0 Å². The minimum Gasteiger partial charge on any atom is -0.356 e. The molecule has 3 amide bonds. The van der Waals surface area contributed by atoms with Crippen LogP contribution in [0.3, 0.4) is 0 Å². The molecule has 2 unspecified atom stereocenters. The Balaban J connectivity index is 1.40. The fourth-order valence-corrected chi connectivity index (χ4v) is 4.19. The smallest absolute Gasteiger partial charge is 0.320 e. The van der Waals surface area contributed by atoms with Gasteiger partial charge in [0.25, 0.3) is 0 Å². The molecule has 3 aliphatic rings. The minimum atomic E-state index is -0.0326. The molecule has 2 N–H and O–H groups in total. The Kier molecular flexibility index (Phi) is 6.35. The van der Waals surface area contributed by atoms with Crippen LogP contribution in [-0.4, -0.2) is 67.6 Å². The highest BCUT2D eigenvalue weighted by Crippen LogP contribution is 2.20. The molecule has 3 heterocycles. The van der Waals surface area contributed by atoms with Gasteiger partial charge >= 0.3 is 6.03 Å². The number of likely N-dealkylation sites (tertiary alicyclic amines) is 2. The number of nitrogens with one attached hydrogen (secondary N) is 2. The molecule has 6 nitrogen and oxygen atoms in total. The van der Waals surface area contributed by atoms with Gasteiger partial charge in [0.05, 0.1) is 5.92 Å². The van der Waals surface area contributed by atoms with Crippen molar-refractivity contribution in [1.29, 1.82) is 0 Å². The van der Waals surface area contributed by atoms with Crippen molar-refractivity contribution < 1.29 is 9.59 Å². The quantitative estimate of drug-likeness (QED) is 0.816. The van der Waals surface area contributed by atoms with E-state index in [2.05, 4.69) is 10.6 Å². The van der Waals surface area contributed by atoms with Gasteiger partial charge in [0.1, 0.15) is 0 Å². The number of rotatable bonds is 4. The lowest BCUT2D eigenvalue weighted by Crippen LogP contribution is -2.49. The van der Waals surface area contributed by atoms with Crippen LogP contribution in [0.2, 0.25) is 0 Å². The predicted octanol–water partition coefficient (Wildman–Crippen LogP) is 1.42. The van der Waals surface area contributed by atoms with Crippen LogP contribution in [0.1, 0.15) is 44.9 Å². The Hall–Kier alpha value is -1.30. The molecule has 2 atom stereocenters. The fourth-order valence-electron chi connectivity index (χ4n) is 4.19. The number of urea groups is 1. The minimum absolute atomic E-state index is 0.0326. The molecule has 0 aromatic rings. The van der Waals surface area contributed by atoms with Gasteiger partial charge in [-0.1, -0.05) is 0 Å². The van der Waals surface area contributed by atoms with Crippen LogP contribution in [-0.2, 0) is 4.79 Å². The van der Waals surface area contributed by atoms with Gasteiger partial charge in [-0.25, -0.2) is 4.79 Å². The molecule has 3 rings (SSSR count). The molecule has 6 heteroatoms. The molecule has 0 aromatic heterocycles. The molecule has 0 aliphatic carbocycles. The number of hydrogen-bond acceptors (Lipinski definition) is 3. The lowest BCUT2D eigenvalue weighted by Gasteiger charge is -2.34. The third-order valence-electron chi connectivity index (χ3n) is 5.69. The van der Waals surface area contributed by atoms with Crippen LogP contribution < -0.4 is 10.6 Å². The lowest BCUT2D eigenvalue weighted by atomic mass is 9.95. The summed E-state index contributed by atoms with van der Waals surface area (Å²) in [6.07, 6.45) is 7.63. The summed E-state index contributed by atoms with van der Waals surface area (Å²) in [5.41, 5.74) is 0. The lowest BCUT2D eigenvalue weighted by molar-refractivity contribution is -0.126. The number of amides is 3. The van der Waals surface area contributed by atoms with Gasteiger partial charge in [-0.05, 0) is 64.0 Å². The third kappa shape index (κ3) is 4.62. The molecule has 136 valence electrons. The van der Waals surface area contributed by atoms with Gasteiger partial charge in [0, 0.05) is 32.7 Å². The Bertz CT molecular complexity index is 431. The normalized spacial score (nSPS) is 28.0. The largest absolute Gasteiger partial charge is 0.356 e. The van der Waals surface area contributed by atoms with Crippen LogP contribution in [0.5, 0.6) is 0 Å². The zero-order valence-electron chi connectivity index (χ0n) is 14.8. The van der Waals surface area contributed by atoms with Crippen molar-refractivity contribution in [2.75, 3.05) is 45.8 Å². The van der Waals surface area contributed by atoms with E-state index in [9.17, 15) is 9.59 Å². The van der Waals surface area contributed by atoms with Crippen LogP contribution in [0, 0.1) is 11.8 Å². The number of nitrogens with zero attached hydrogens (tertiary/aromatic N) is 2. The fraction of sp³-hybridized carbons (Fsp3) is 0.889. The van der Waals surface area contributed by atoms with Crippen LogP contribution in [0.15, 0.2) is 0 Å². The van der Waals surface area contributed by atoms with Crippen LogP contribution in [0.4, 0.5) is 4.79 Å². The molecular weight excluding hydrogens is 304 g/mol. The Morgan fingerprint density at radius 2 is 1.79 bits per heavy atom. The summed E-state index contributed by atoms with van der Waals surface area (Å²) in [6.45, 7) is 6.12. The maximum absolute atomic E-state index is 12.5. The molecule has 3 saturated heterocycles. The topological polar surface area (TPSA) is 64.7 Å². The molecule has 0 radical (unpaired) electrons. The number of carbonyl (C=O) groups excluding carboxylic acids is 2. The predicted molar refractivity (Wildman–Crippen MR) is 93.7 cm³/mol. The van der Waals surface area contributed by atoms with Gasteiger partial charge in [-0.3, -0.25) is 4.79 Å². The SMILES string of the molecule is O=C(NCCC1CCCNC1)C1CCCN(C(=O)N2CCCC2)C1. The van der Waals surface area contributed by atoms with Gasteiger partial charge in [0.2, 0.25) is 5.91 Å². The Morgan fingerprint density at radius 3 is 2.54 bits per heavy atom. The van der Waals surface area contributed by atoms with Gasteiger partial charge in [0.15, 0.2) is 0 Å². The second kappa shape index (κ2) is 8.70. The first-order valence-corrected chi connectivity index (χ1v) is 9.76. The van der Waals surface area contributed by atoms with E-state index in [0.717, 1.165) is 71.4 Å². The third-order valence-corrected chi connectivity index (χ3v) is 5.69. The number of hydrogen-bond donors (Lipinski definition) is 2. The maximum Gasteiger partial charge on any atom is 0.320 e. The van der Waals surface area contributed by atoms with E-state index in [-0.39, 0.29) is 17.9 Å². The summed E-state index contributed by atoms with van der Waals surface area (Å²) >= 11 is 0. The van der Waals surface area contributed by atoms with Gasteiger partial charge in [-0.15, -0.1) is 0 Å². The summed E-state index contributed by atoms with van der Waals surface area (Å²) in [4.78, 5) is 28.8. The zero-order chi connectivity index (χ0) is 16.8. The summed E-state index contributed by atoms with van der Waals surface area (Å²) in [5, 5.41) is 6.53. The second-order valence-corrected chi connectivity index (χ2v) is 7.55. The first kappa shape index (κ1) is 17.5. The molecule has 0 bridgehead atoms. The molecule has 24 heavy (non-hydrogen) atoms. The van der Waals surface area contributed by atoms with E-state index in [4.69, 9.17) is 0 Å². The van der Waals surface area contributed by atoms with Crippen molar-refractivity contribution in [3.63, 3.8) is 0 Å². The van der Waals surface area contributed by atoms with E-state index < -0.39 is 0 Å². The second-order valence-electron chi connectivity index (χ2n) is 7.55. The van der Waals surface area contributed by atoms with E-state index in [0.29, 0.717) is 12.5 Å². The van der Waals surface area contributed by atoms with Crippen molar-refractivity contribution in [3.05, 3.63) is 0 Å². The molecule has 0 spiro atoms. The molecule has 3 fully saturated rings. The molecular formula is C18H32N4O2. The van der Waals surface area contributed by atoms with Crippen LogP contribution in [0.25, 0.3) is 0 Å². The Labute approximate surface area is 145 Å². The molecule has 3 aliphatic heterocycles. The average Bonchev–Trinajstić information content (AvgIpc) is 3.16. The monoisotopic (exact) mass is 336 g/mol. The van der Waals surface area contributed by atoms with E-state index in [1.54, 1.807) is 0 Å². The first-order chi connectivity index (χ1) is 11.7. The van der Waals surface area contributed by atoms with Crippen molar-refractivity contribution in [3.8, 4) is 0 Å². The summed E-state index contributed by atoms with van der Waals surface area (Å²) in [6, 6.07) is 0.137. The highest BCUT2D eigenvalue weighted by molar-refractivity contribution is 5.81.